The predicted octanol–water partition coefficient (Wildman–Crippen LogP) is 3.16. The van der Waals surface area contributed by atoms with Gasteiger partial charge in [-0.1, -0.05) is 0 Å². The number of benzene rings is 1. The molecule has 2 N–H and O–H groups in total. The highest BCUT2D eigenvalue weighted by Crippen LogP contribution is 2.25. The number of nitrogens with one attached hydrogen (secondary N) is 2. The first-order chi connectivity index (χ1) is 9.81. The van der Waals surface area contributed by atoms with E-state index < -0.39 is 11.7 Å². The summed E-state index contributed by atoms with van der Waals surface area (Å²) < 4.78 is 23.6. The van der Waals surface area contributed by atoms with Crippen molar-refractivity contribution in [2.75, 3.05) is 25.0 Å². The van der Waals surface area contributed by atoms with Gasteiger partial charge in [-0.05, 0) is 39.8 Å². The zero-order valence-electron chi connectivity index (χ0n) is 13.0. The summed E-state index contributed by atoms with van der Waals surface area (Å²) in [7, 11) is 0. The molecule has 0 radical (unpaired) electrons. The molecule has 6 heteroatoms. The summed E-state index contributed by atoms with van der Waals surface area (Å²) in [5.41, 5.74) is 0.167. The van der Waals surface area contributed by atoms with E-state index in [1.807, 2.05) is 6.92 Å². The minimum atomic E-state index is -0.517. The van der Waals surface area contributed by atoms with Gasteiger partial charge < -0.3 is 20.1 Å². The van der Waals surface area contributed by atoms with E-state index in [-0.39, 0.29) is 5.82 Å². The number of rotatable bonds is 6. The predicted molar refractivity (Wildman–Crippen MR) is 80.3 cm³/mol. The SMILES string of the molecule is CCOc1cc(F)ccc1NCCNC(=O)OC(C)(C)C. The lowest BCUT2D eigenvalue weighted by molar-refractivity contribution is 0.0530. The van der Waals surface area contributed by atoms with Gasteiger partial charge in [0.2, 0.25) is 0 Å². The molecule has 0 aliphatic carbocycles. The number of hydrogen-bond acceptors (Lipinski definition) is 4. The fourth-order valence-corrected chi connectivity index (χ4v) is 1.59. The van der Waals surface area contributed by atoms with Crippen molar-refractivity contribution in [3.8, 4) is 5.75 Å². The van der Waals surface area contributed by atoms with E-state index in [1.165, 1.54) is 12.1 Å². The average molecular weight is 298 g/mol. The number of hydrogen-bond donors (Lipinski definition) is 2. The van der Waals surface area contributed by atoms with E-state index >= 15 is 0 Å². The molecule has 0 heterocycles. The second kappa shape index (κ2) is 7.71. The molecule has 0 fully saturated rings. The van der Waals surface area contributed by atoms with Crippen LogP contribution in [0.15, 0.2) is 18.2 Å². The Kier molecular flexibility index (Phi) is 6.27. The second-order valence-electron chi connectivity index (χ2n) is 5.43. The summed E-state index contributed by atoms with van der Waals surface area (Å²) in [4.78, 5) is 11.4. The van der Waals surface area contributed by atoms with Crippen LogP contribution in [-0.4, -0.2) is 31.4 Å². The molecule has 1 aromatic carbocycles. The fourth-order valence-electron chi connectivity index (χ4n) is 1.59. The molecule has 1 rings (SSSR count). The molecule has 0 aliphatic rings. The summed E-state index contributed by atoms with van der Waals surface area (Å²) in [5.74, 6) is 0.102. The zero-order valence-corrected chi connectivity index (χ0v) is 13.0. The monoisotopic (exact) mass is 298 g/mol. The third-order valence-electron chi connectivity index (χ3n) is 2.35. The molecule has 1 aromatic rings. The maximum absolute atomic E-state index is 13.1. The van der Waals surface area contributed by atoms with Gasteiger partial charge >= 0.3 is 6.09 Å². The highest BCUT2D eigenvalue weighted by atomic mass is 19.1. The van der Waals surface area contributed by atoms with Crippen molar-refractivity contribution in [3.63, 3.8) is 0 Å². The molecule has 0 aromatic heterocycles. The smallest absolute Gasteiger partial charge is 0.407 e. The van der Waals surface area contributed by atoms with Gasteiger partial charge in [0, 0.05) is 19.2 Å². The number of alkyl carbamates (subject to hydrolysis) is 1. The Hall–Kier alpha value is -1.98. The first kappa shape index (κ1) is 17.1. The molecule has 0 atom stereocenters. The Morgan fingerprint density at radius 2 is 2.00 bits per heavy atom. The van der Waals surface area contributed by atoms with Crippen LogP contribution < -0.4 is 15.4 Å². The Labute approximate surface area is 124 Å². The largest absolute Gasteiger partial charge is 0.492 e. The molecule has 0 unspecified atom stereocenters. The first-order valence-electron chi connectivity index (χ1n) is 6.95. The number of carbonyl (C=O) groups is 1. The van der Waals surface area contributed by atoms with Crippen LogP contribution in [0.1, 0.15) is 27.7 Å². The lowest BCUT2D eigenvalue weighted by Gasteiger charge is -2.20. The van der Waals surface area contributed by atoms with Gasteiger partial charge in [-0.2, -0.15) is 0 Å². The average Bonchev–Trinajstić information content (AvgIpc) is 2.35. The number of ether oxygens (including phenoxy) is 2. The normalized spacial score (nSPS) is 10.9. The van der Waals surface area contributed by atoms with Crippen LogP contribution in [0.3, 0.4) is 0 Å². The summed E-state index contributed by atoms with van der Waals surface area (Å²) in [6, 6.07) is 4.28. The van der Waals surface area contributed by atoms with Gasteiger partial charge in [0.25, 0.3) is 0 Å². The molecule has 21 heavy (non-hydrogen) atoms. The summed E-state index contributed by atoms with van der Waals surface area (Å²) in [5, 5.41) is 5.72. The molecule has 0 saturated carbocycles. The maximum atomic E-state index is 13.1. The van der Waals surface area contributed by atoms with Crippen molar-refractivity contribution in [1.82, 2.24) is 5.32 Å². The summed E-state index contributed by atoms with van der Waals surface area (Å²) in [6.07, 6.45) is -0.464. The topological polar surface area (TPSA) is 59.6 Å². The van der Waals surface area contributed by atoms with Crippen LogP contribution in [0.25, 0.3) is 0 Å². The Bertz CT molecular complexity index is 472. The van der Waals surface area contributed by atoms with Crippen LogP contribution in [0, 0.1) is 5.82 Å². The van der Waals surface area contributed by atoms with Gasteiger partial charge in [-0.25, -0.2) is 9.18 Å². The van der Waals surface area contributed by atoms with Gasteiger partial charge in [0.1, 0.15) is 17.2 Å². The third kappa shape index (κ3) is 6.83. The quantitative estimate of drug-likeness (QED) is 0.792. The molecule has 5 nitrogen and oxygen atoms in total. The second-order valence-corrected chi connectivity index (χ2v) is 5.43. The van der Waals surface area contributed by atoms with Crippen LogP contribution >= 0.6 is 0 Å². The van der Waals surface area contributed by atoms with E-state index in [2.05, 4.69) is 10.6 Å². The molecule has 0 saturated heterocycles. The Morgan fingerprint density at radius 1 is 1.29 bits per heavy atom. The molecule has 0 aliphatic heterocycles. The molecular formula is C15H23FN2O3. The van der Waals surface area contributed by atoms with Gasteiger partial charge in [-0.3, -0.25) is 0 Å². The number of anilines is 1. The molecule has 1 amide bonds. The maximum Gasteiger partial charge on any atom is 0.407 e. The van der Waals surface area contributed by atoms with E-state index in [4.69, 9.17) is 9.47 Å². The van der Waals surface area contributed by atoms with Crippen LogP contribution in [0.2, 0.25) is 0 Å². The van der Waals surface area contributed by atoms with Crippen LogP contribution in [0.4, 0.5) is 14.9 Å². The highest BCUT2D eigenvalue weighted by Gasteiger charge is 2.15. The first-order valence-corrected chi connectivity index (χ1v) is 6.95. The Morgan fingerprint density at radius 3 is 2.62 bits per heavy atom. The summed E-state index contributed by atoms with van der Waals surface area (Å²) >= 11 is 0. The highest BCUT2D eigenvalue weighted by molar-refractivity contribution is 5.67. The molecule has 118 valence electrons. The lowest BCUT2D eigenvalue weighted by Crippen LogP contribution is -2.35. The van der Waals surface area contributed by atoms with E-state index in [1.54, 1.807) is 26.8 Å². The van der Waals surface area contributed by atoms with Gasteiger partial charge in [0.05, 0.1) is 12.3 Å². The third-order valence-corrected chi connectivity index (χ3v) is 2.35. The molecule has 0 bridgehead atoms. The standard InChI is InChI=1S/C15H23FN2O3/c1-5-20-13-10-11(16)6-7-12(13)17-8-9-18-14(19)21-15(2,3)4/h6-7,10,17H,5,8-9H2,1-4H3,(H,18,19). The van der Waals surface area contributed by atoms with E-state index in [0.717, 1.165) is 0 Å². The minimum Gasteiger partial charge on any atom is -0.492 e. The van der Waals surface area contributed by atoms with Crippen molar-refractivity contribution < 1.29 is 18.7 Å². The Balaban J connectivity index is 2.41. The molecular weight excluding hydrogens is 275 g/mol. The van der Waals surface area contributed by atoms with Crippen LogP contribution in [-0.2, 0) is 4.74 Å². The van der Waals surface area contributed by atoms with Crippen molar-refractivity contribution >= 4 is 11.8 Å². The van der Waals surface area contributed by atoms with Gasteiger partial charge in [0.15, 0.2) is 0 Å². The van der Waals surface area contributed by atoms with Crippen molar-refractivity contribution in [3.05, 3.63) is 24.0 Å². The van der Waals surface area contributed by atoms with Crippen molar-refractivity contribution in [2.24, 2.45) is 0 Å². The van der Waals surface area contributed by atoms with E-state index in [9.17, 15) is 9.18 Å². The van der Waals surface area contributed by atoms with Crippen molar-refractivity contribution in [2.45, 2.75) is 33.3 Å². The number of halogens is 1. The minimum absolute atomic E-state index is 0.351. The van der Waals surface area contributed by atoms with E-state index in [0.29, 0.717) is 31.1 Å². The van der Waals surface area contributed by atoms with Crippen molar-refractivity contribution in [1.29, 1.82) is 0 Å². The number of amides is 1. The lowest BCUT2D eigenvalue weighted by atomic mass is 10.2. The summed E-state index contributed by atoms with van der Waals surface area (Å²) in [6.45, 7) is 8.56. The zero-order chi connectivity index (χ0) is 15.9. The molecule has 0 spiro atoms. The van der Waals surface area contributed by atoms with Crippen LogP contribution in [0.5, 0.6) is 5.75 Å². The fraction of sp³-hybridized carbons (Fsp3) is 0.533. The number of carbonyl (C=O) groups excluding carboxylic acids is 1. The van der Waals surface area contributed by atoms with Gasteiger partial charge in [-0.15, -0.1) is 0 Å².